The lowest BCUT2D eigenvalue weighted by Crippen LogP contribution is -2.43. The molecule has 0 bridgehead atoms. The zero-order valence-electron chi connectivity index (χ0n) is 13.1. The minimum Gasteiger partial charge on any atom is -0.295 e. The van der Waals surface area contributed by atoms with Crippen molar-refractivity contribution in [2.24, 2.45) is 5.10 Å². The predicted molar refractivity (Wildman–Crippen MR) is 102 cm³/mol. The minimum atomic E-state index is 0.614. The zero-order chi connectivity index (χ0) is 16.9. The molecule has 0 N–H and O–H groups in total. The van der Waals surface area contributed by atoms with E-state index in [2.05, 4.69) is 21.1 Å². The Morgan fingerprint density at radius 1 is 0.917 bits per heavy atom. The largest absolute Gasteiger partial charge is 0.295 e. The molecule has 1 aliphatic rings. The van der Waals surface area contributed by atoms with Crippen molar-refractivity contribution in [3.05, 3.63) is 68.7 Å². The first-order valence-corrected chi connectivity index (χ1v) is 8.95. The molecule has 3 rings (SSSR count). The maximum atomic E-state index is 6.23. The molecule has 2 aromatic carbocycles. The Morgan fingerprint density at radius 3 is 2.38 bits per heavy atom. The molecule has 1 heterocycles. The monoisotopic (exact) mass is 381 g/mol. The van der Waals surface area contributed by atoms with E-state index in [9.17, 15) is 0 Å². The van der Waals surface area contributed by atoms with Gasteiger partial charge in [-0.1, -0.05) is 59.1 Å². The van der Waals surface area contributed by atoms with Crippen LogP contribution in [0.4, 0.5) is 0 Å². The van der Waals surface area contributed by atoms with Crippen LogP contribution in [0.25, 0.3) is 0 Å². The van der Waals surface area contributed by atoms with E-state index < -0.39 is 0 Å². The number of piperazine rings is 1. The highest BCUT2D eigenvalue weighted by Crippen LogP contribution is 2.20. The summed E-state index contributed by atoms with van der Waals surface area (Å²) in [5.41, 5.74) is 2.05. The number of hydrogen-bond donors (Lipinski definition) is 0. The van der Waals surface area contributed by atoms with Crippen molar-refractivity contribution in [2.45, 2.75) is 6.54 Å². The summed E-state index contributed by atoms with van der Waals surface area (Å²) in [5, 5.41) is 8.67. The van der Waals surface area contributed by atoms with Crippen molar-refractivity contribution >= 4 is 41.0 Å². The summed E-state index contributed by atoms with van der Waals surface area (Å²) in [6.45, 7) is 4.55. The van der Waals surface area contributed by atoms with Crippen LogP contribution in [0, 0.1) is 0 Å². The quantitative estimate of drug-likeness (QED) is 0.707. The fourth-order valence-electron chi connectivity index (χ4n) is 2.63. The lowest BCUT2D eigenvalue weighted by atomic mass is 10.2. The van der Waals surface area contributed by atoms with Crippen LogP contribution < -0.4 is 0 Å². The molecule has 0 unspecified atom stereocenters. The van der Waals surface area contributed by atoms with Gasteiger partial charge in [0.15, 0.2) is 0 Å². The highest BCUT2D eigenvalue weighted by molar-refractivity contribution is 6.36. The van der Waals surface area contributed by atoms with E-state index in [4.69, 9.17) is 34.8 Å². The van der Waals surface area contributed by atoms with Gasteiger partial charge in [0.1, 0.15) is 0 Å². The van der Waals surface area contributed by atoms with Crippen LogP contribution in [0.3, 0.4) is 0 Å². The van der Waals surface area contributed by atoms with E-state index in [-0.39, 0.29) is 0 Å². The number of hydrogen-bond acceptors (Lipinski definition) is 3. The molecule has 2 aromatic rings. The summed E-state index contributed by atoms with van der Waals surface area (Å²) >= 11 is 18.3. The topological polar surface area (TPSA) is 18.8 Å². The van der Waals surface area contributed by atoms with Crippen molar-refractivity contribution in [1.82, 2.24) is 9.91 Å². The molecule has 126 valence electrons. The van der Waals surface area contributed by atoms with Gasteiger partial charge in [-0.3, -0.25) is 9.91 Å². The Morgan fingerprint density at radius 2 is 1.67 bits per heavy atom. The third-order valence-electron chi connectivity index (χ3n) is 4.02. The van der Waals surface area contributed by atoms with E-state index >= 15 is 0 Å². The zero-order valence-corrected chi connectivity index (χ0v) is 15.4. The lowest BCUT2D eigenvalue weighted by molar-refractivity contribution is 0.131. The smallest absolute Gasteiger partial charge is 0.0557 e. The van der Waals surface area contributed by atoms with Gasteiger partial charge in [-0.2, -0.15) is 5.10 Å². The number of rotatable bonds is 4. The Balaban J connectivity index is 1.53. The van der Waals surface area contributed by atoms with Crippen LogP contribution in [0.15, 0.2) is 47.6 Å². The molecule has 1 fully saturated rings. The second kappa shape index (κ2) is 8.21. The van der Waals surface area contributed by atoms with Gasteiger partial charge in [0, 0.05) is 48.3 Å². The Bertz CT molecular complexity index is 725. The highest BCUT2D eigenvalue weighted by Gasteiger charge is 2.16. The second-order valence-electron chi connectivity index (χ2n) is 5.73. The van der Waals surface area contributed by atoms with Gasteiger partial charge in [0.25, 0.3) is 0 Å². The van der Waals surface area contributed by atoms with E-state index in [1.165, 1.54) is 5.56 Å². The highest BCUT2D eigenvalue weighted by atomic mass is 35.5. The number of benzene rings is 2. The predicted octanol–water partition coefficient (Wildman–Crippen LogP) is 4.80. The number of hydrazone groups is 1. The summed E-state index contributed by atoms with van der Waals surface area (Å²) in [6, 6.07) is 13.4. The van der Waals surface area contributed by atoms with Crippen molar-refractivity contribution < 1.29 is 0 Å². The van der Waals surface area contributed by atoms with Crippen LogP contribution in [-0.2, 0) is 6.54 Å². The first-order chi connectivity index (χ1) is 11.6. The molecule has 0 aromatic heterocycles. The van der Waals surface area contributed by atoms with Crippen molar-refractivity contribution in [3.8, 4) is 0 Å². The summed E-state index contributed by atoms with van der Waals surface area (Å²) in [4.78, 5) is 2.39. The van der Waals surface area contributed by atoms with Crippen LogP contribution in [0.2, 0.25) is 15.1 Å². The van der Waals surface area contributed by atoms with Gasteiger partial charge in [0.2, 0.25) is 0 Å². The molecule has 6 heteroatoms. The normalized spacial score (nSPS) is 16.0. The van der Waals surface area contributed by atoms with Crippen molar-refractivity contribution in [3.63, 3.8) is 0 Å². The second-order valence-corrected chi connectivity index (χ2v) is 6.98. The first-order valence-electron chi connectivity index (χ1n) is 7.81. The molecular formula is C18H18Cl3N3. The third-order valence-corrected chi connectivity index (χ3v) is 4.95. The lowest BCUT2D eigenvalue weighted by Gasteiger charge is -2.33. The number of halogens is 3. The van der Waals surface area contributed by atoms with Gasteiger partial charge in [0.05, 0.1) is 11.2 Å². The average molecular weight is 383 g/mol. The summed E-state index contributed by atoms with van der Waals surface area (Å²) in [7, 11) is 0. The summed E-state index contributed by atoms with van der Waals surface area (Å²) < 4.78 is 0. The van der Waals surface area contributed by atoms with E-state index in [0.717, 1.165) is 43.3 Å². The SMILES string of the molecule is Clc1ccc(/C=N/N2CCN(Cc3ccccc3Cl)CC2)c(Cl)c1. The van der Waals surface area contributed by atoms with Gasteiger partial charge in [-0.05, 0) is 23.8 Å². The Kier molecular flexibility index (Phi) is 6.01. The molecule has 0 spiro atoms. The van der Waals surface area contributed by atoms with E-state index in [1.54, 1.807) is 12.3 Å². The van der Waals surface area contributed by atoms with Crippen molar-refractivity contribution in [2.75, 3.05) is 26.2 Å². The molecule has 0 aliphatic carbocycles. The van der Waals surface area contributed by atoms with Gasteiger partial charge >= 0.3 is 0 Å². The van der Waals surface area contributed by atoms with E-state index in [1.807, 2.05) is 30.3 Å². The molecular weight excluding hydrogens is 365 g/mol. The molecule has 0 atom stereocenters. The average Bonchev–Trinajstić information content (AvgIpc) is 2.57. The van der Waals surface area contributed by atoms with Crippen LogP contribution in [0.1, 0.15) is 11.1 Å². The standard InChI is InChI=1S/C18H18Cl3N3/c19-16-6-5-14(18(21)11-16)12-22-24-9-7-23(8-10-24)13-15-3-1-2-4-17(15)20/h1-6,11-12H,7-10,13H2/b22-12+. The molecule has 0 amide bonds. The molecule has 24 heavy (non-hydrogen) atoms. The number of nitrogens with zero attached hydrogens (tertiary/aromatic N) is 3. The molecule has 1 saturated heterocycles. The van der Waals surface area contributed by atoms with Crippen molar-refractivity contribution in [1.29, 1.82) is 0 Å². The van der Waals surface area contributed by atoms with Gasteiger partial charge in [-0.25, -0.2) is 0 Å². The fourth-order valence-corrected chi connectivity index (χ4v) is 3.28. The Labute approximate surface area is 157 Å². The van der Waals surface area contributed by atoms with Crippen LogP contribution >= 0.6 is 34.8 Å². The minimum absolute atomic E-state index is 0.614. The Hall–Kier alpha value is -1.26. The van der Waals surface area contributed by atoms with Crippen LogP contribution in [0.5, 0.6) is 0 Å². The van der Waals surface area contributed by atoms with Gasteiger partial charge < -0.3 is 0 Å². The summed E-state index contributed by atoms with van der Waals surface area (Å²) in [6.07, 6.45) is 1.79. The van der Waals surface area contributed by atoms with Gasteiger partial charge in [-0.15, -0.1) is 0 Å². The fraction of sp³-hybridized carbons (Fsp3) is 0.278. The molecule has 0 radical (unpaired) electrons. The van der Waals surface area contributed by atoms with Crippen LogP contribution in [-0.4, -0.2) is 42.3 Å². The maximum absolute atomic E-state index is 6.23. The van der Waals surface area contributed by atoms with E-state index in [0.29, 0.717) is 10.0 Å². The molecule has 3 nitrogen and oxygen atoms in total. The molecule has 1 aliphatic heterocycles. The maximum Gasteiger partial charge on any atom is 0.0557 e. The summed E-state index contributed by atoms with van der Waals surface area (Å²) in [5.74, 6) is 0. The first kappa shape index (κ1) is 17.6. The third kappa shape index (κ3) is 4.64. The molecule has 0 saturated carbocycles.